The molecular weight excluding hydrogens is 480 g/mol. The van der Waals surface area contributed by atoms with Crippen LogP contribution in [0.5, 0.6) is 0 Å². The summed E-state index contributed by atoms with van der Waals surface area (Å²) in [6, 6.07) is 6.87. The maximum Gasteiger partial charge on any atom is 0.177 e. The molecule has 0 radical (unpaired) electrons. The summed E-state index contributed by atoms with van der Waals surface area (Å²) in [6.45, 7) is 3.98. The molecular formula is C23H27ClN4O5S. The molecule has 1 aromatic carbocycles. The third-order valence-electron chi connectivity index (χ3n) is 6.10. The first-order chi connectivity index (χ1) is 16.3. The smallest absolute Gasteiger partial charge is 0.177 e. The molecule has 2 atom stereocenters. The van der Waals surface area contributed by atoms with Crippen molar-refractivity contribution in [2.24, 2.45) is 0 Å². The minimum atomic E-state index is -3.55. The maximum atomic E-state index is 12.7. The molecule has 1 N–H and O–H groups in total. The number of nitrogens with one attached hydrogen (secondary N) is 1. The largest absolute Gasteiger partial charge is 0.376 e. The second kappa shape index (κ2) is 9.43. The van der Waals surface area contributed by atoms with E-state index >= 15 is 0 Å². The summed E-state index contributed by atoms with van der Waals surface area (Å²) >= 11 is 6.38. The van der Waals surface area contributed by atoms with Crippen LogP contribution in [0.4, 0.5) is 11.4 Å². The second-order valence-corrected chi connectivity index (χ2v) is 11.0. The molecule has 0 amide bonds. The standard InChI is InChI=1S/C23H27ClN4O5S/c1-14-25-22-17(12-20(24)27-23(22)28(14)21-5-3-4-8-33-21)26-16-7-6-15(11-19(16)34(2,29)30)18-13-31-9-10-32-18/h6-7,11-12,18,21H,3-5,8-10,13H2,1-2H3,(H,26,27). The Morgan fingerprint density at radius 2 is 1.94 bits per heavy atom. The van der Waals surface area contributed by atoms with E-state index in [1.54, 1.807) is 18.2 Å². The van der Waals surface area contributed by atoms with E-state index in [1.807, 2.05) is 17.6 Å². The third-order valence-corrected chi connectivity index (χ3v) is 7.43. The Hall–Kier alpha value is -2.24. The van der Waals surface area contributed by atoms with Gasteiger partial charge in [0.25, 0.3) is 0 Å². The maximum absolute atomic E-state index is 12.7. The Kier molecular flexibility index (Phi) is 6.51. The molecule has 34 heavy (non-hydrogen) atoms. The molecule has 0 spiro atoms. The number of hydrogen-bond acceptors (Lipinski definition) is 8. The second-order valence-electron chi connectivity index (χ2n) is 8.60. The van der Waals surface area contributed by atoms with Crippen molar-refractivity contribution in [1.82, 2.24) is 14.5 Å². The minimum absolute atomic E-state index is 0.152. The first-order valence-corrected chi connectivity index (χ1v) is 13.6. The van der Waals surface area contributed by atoms with E-state index < -0.39 is 9.84 Å². The molecule has 9 nitrogen and oxygen atoms in total. The van der Waals surface area contributed by atoms with Crippen LogP contribution >= 0.6 is 11.6 Å². The van der Waals surface area contributed by atoms with Crippen molar-refractivity contribution >= 4 is 44.0 Å². The van der Waals surface area contributed by atoms with Crippen LogP contribution in [0.3, 0.4) is 0 Å². The number of fused-ring (bicyclic) bond motifs is 1. The lowest BCUT2D eigenvalue weighted by Gasteiger charge is -2.25. The van der Waals surface area contributed by atoms with Gasteiger partial charge in [-0.2, -0.15) is 0 Å². The first kappa shape index (κ1) is 23.5. The average molecular weight is 507 g/mol. The summed E-state index contributed by atoms with van der Waals surface area (Å²) < 4.78 is 44.5. The number of aryl methyl sites for hydroxylation is 1. The van der Waals surface area contributed by atoms with Gasteiger partial charge in [-0.3, -0.25) is 4.57 Å². The highest BCUT2D eigenvalue weighted by Crippen LogP contribution is 2.35. The van der Waals surface area contributed by atoms with Crippen LogP contribution in [-0.2, 0) is 24.0 Å². The van der Waals surface area contributed by atoms with Crippen molar-refractivity contribution in [1.29, 1.82) is 0 Å². The van der Waals surface area contributed by atoms with E-state index in [-0.39, 0.29) is 22.4 Å². The minimum Gasteiger partial charge on any atom is -0.376 e. The van der Waals surface area contributed by atoms with E-state index in [4.69, 9.17) is 30.8 Å². The summed E-state index contributed by atoms with van der Waals surface area (Å²) in [7, 11) is -3.55. The Morgan fingerprint density at radius 1 is 1.09 bits per heavy atom. The van der Waals surface area contributed by atoms with Crippen LogP contribution in [0.15, 0.2) is 29.2 Å². The molecule has 2 fully saturated rings. The van der Waals surface area contributed by atoms with Gasteiger partial charge in [0.15, 0.2) is 15.5 Å². The van der Waals surface area contributed by atoms with E-state index in [0.29, 0.717) is 49.0 Å². The fourth-order valence-corrected chi connectivity index (χ4v) is 5.54. The normalized spacial score (nSPS) is 21.6. The molecule has 4 heterocycles. The fourth-order valence-electron chi connectivity index (χ4n) is 4.48. The van der Waals surface area contributed by atoms with E-state index in [9.17, 15) is 8.42 Å². The number of nitrogens with zero attached hydrogens (tertiary/aromatic N) is 3. The zero-order valence-electron chi connectivity index (χ0n) is 19.1. The quantitative estimate of drug-likeness (QED) is 0.510. The average Bonchev–Trinajstić information content (AvgIpc) is 3.15. The molecule has 5 rings (SSSR count). The molecule has 0 aliphatic carbocycles. The highest BCUT2D eigenvalue weighted by molar-refractivity contribution is 7.90. The zero-order chi connectivity index (χ0) is 23.9. The molecule has 0 bridgehead atoms. The molecule has 2 aliphatic heterocycles. The van der Waals surface area contributed by atoms with Gasteiger partial charge in [0, 0.05) is 18.9 Å². The number of halogens is 1. The van der Waals surface area contributed by atoms with Crippen LogP contribution in [0.25, 0.3) is 11.2 Å². The zero-order valence-corrected chi connectivity index (χ0v) is 20.7. The molecule has 11 heteroatoms. The molecule has 2 aromatic heterocycles. The molecule has 3 aromatic rings. The van der Waals surface area contributed by atoms with Gasteiger partial charge in [0.05, 0.1) is 36.1 Å². The van der Waals surface area contributed by atoms with E-state index in [2.05, 4.69) is 10.3 Å². The summed E-state index contributed by atoms with van der Waals surface area (Å²) in [5.41, 5.74) is 2.95. The monoisotopic (exact) mass is 506 g/mol. The highest BCUT2D eigenvalue weighted by Gasteiger charge is 2.25. The number of rotatable bonds is 5. The van der Waals surface area contributed by atoms with Crippen molar-refractivity contribution < 1.29 is 22.6 Å². The lowest BCUT2D eigenvalue weighted by atomic mass is 10.1. The van der Waals surface area contributed by atoms with Gasteiger partial charge >= 0.3 is 0 Å². The summed E-state index contributed by atoms with van der Waals surface area (Å²) in [6.07, 6.45) is 3.70. The van der Waals surface area contributed by atoms with Crippen molar-refractivity contribution in [3.8, 4) is 0 Å². The number of pyridine rings is 1. The predicted octanol–water partition coefficient (Wildman–Crippen LogP) is 4.33. The van der Waals surface area contributed by atoms with Crippen LogP contribution in [-0.4, -0.2) is 55.6 Å². The SMILES string of the molecule is Cc1nc2c(Nc3ccc(C4COCCO4)cc3S(C)(=O)=O)cc(Cl)nc2n1C1CCCCO1. The number of ether oxygens (including phenoxy) is 3. The van der Waals surface area contributed by atoms with Gasteiger partial charge < -0.3 is 19.5 Å². The van der Waals surface area contributed by atoms with Crippen LogP contribution in [0.1, 0.15) is 43.0 Å². The molecule has 2 unspecified atom stereocenters. The summed E-state index contributed by atoms with van der Waals surface area (Å²) in [5, 5.41) is 3.52. The first-order valence-electron chi connectivity index (χ1n) is 11.3. The number of benzene rings is 1. The van der Waals surface area contributed by atoms with Crippen molar-refractivity contribution in [2.45, 2.75) is 43.4 Å². The van der Waals surface area contributed by atoms with Crippen LogP contribution in [0.2, 0.25) is 5.15 Å². The van der Waals surface area contributed by atoms with E-state index in [0.717, 1.165) is 30.7 Å². The topological polar surface area (TPSA) is 105 Å². The highest BCUT2D eigenvalue weighted by atomic mass is 35.5. The van der Waals surface area contributed by atoms with Gasteiger partial charge in [0.1, 0.15) is 28.8 Å². The fraction of sp³-hybridized carbons (Fsp3) is 0.478. The predicted molar refractivity (Wildman–Crippen MR) is 128 cm³/mol. The Balaban J connectivity index is 1.56. The van der Waals surface area contributed by atoms with Crippen molar-refractivity contribution in [2.75, 3.05) is 38.0 Å². The molecule has 2 saturated heterocycles. The van der Waals surface area contributed by atoms with Crippen LogP contribution in [0, 0.1) is 6.92 Å². The number of imidazole rings is 1. The number of aromatic nitrogens is 3. The Bertz CT molecular complexity index is 1310. The molecule has 2 aliphatic rings. The lowest BCUT2D eigenvalue weighted by Crippen LogP contribution is -2.22. The van der Waals surface area contributed by atoms with Crippen molar-refractivity contribution in [3.63, 3.8) is 0 Å². The summed E-state index contributed by atoms with van der Waals surface area (Å²) in [5.74, 6) is 0.757. The van der Waals surface area contributed by atoms with E-state index in [1.165, 1.54) is 6.26 Å². The third kappa shape index (κ3) is 4.65. The van der Waals surface area contributed by atoms with Gasteiger partial charge in [-0.1, -0.05) is 17.7 Å². The number of hydrogen-bond donors (Lipinski definition) is 1. The van der Waals surface area contributed by atoms with Gasteiger partial charge in [-0.05, 0) is 43.9 Å². The Labute approximate surface area is 203 Å². The van der Waals surface area contributed by atoms with Crippen LogP contribution < -0.4 is 5.32 Å². The number of sulfone groups is 1. The van der Waals surface area contributed by atoms with Crippen molar-refractivity contribution in [3.05, 3.63) is 40.8 Å². The molecule has 0 saturated carbocycles. The summed E-state index contributed by atoms with van der Waals surface area (Å²) in [4.78, 5) is 9.40. The van der Waals surface area contributed by atoms with Gasteiger partial charge in [-0.15, -0.1) is 0 Å². The lowest BCUT2D eigenvalue weighted by molar-refractivity contribution is -0.0902. The van der Waals surface area contributed by atoms with Gasteiger partial charge in [0.2, 0.25) is 0 Å². The molecule has 182 valence electrons. The Morgan fingerprint density at radius 3 is 2.65 bits per heavy atom. The number of anilines is 2. The van der Waals surface area contributed by atoms with Gasteiger partial charge in [-0.25, -0.2) is 18.4 Å².